The first-order chi connectivity index (χ1) is 8.14. The quantitative estimate of drug-likeness (QED) is 0.694. The second kappa shape index (κ2) is 7.10. The van der Waals surface area contributed by atoms with Crippen LogP contribution < -0.4 is 11.1 Å². The topological polar surface area (TPSA) is 58.4 Å². The Morgan fingerprint density at radius 1 is 1.28 bits per heavy atom. The average molecular weight is 257 g/mol. The molecule has 4 nitrogen and oxygen atoms in total. The number of hydrogen-bond donors (Lipinski definition) is 2. The van der Waals surface area contributed by atoms with Crippen LogP contribution in [-0.2, 0) is 4.79 Å². The maximum atomic E-state index is 11.5. The van der Waals surface area contributed by atoms with Gasteiger partial charge in [-0.25, -0.2) is 0 Å². The van der Waals surface area contributed by atoms with Crippen molar-refractivity contribution in [3.63, 3.8) is 0 Å². The minimum absolute atomic E-state index is 0.287. The Balaban J connectivity index is 4.78. The van der Waals surface area contributed by atoms with E-state index in [4.69, 9.17) is 5.73 Å². The van der Waals surface area contributed by atoms with Crippen molar-refractivity contribution in [2.75, 3.05) is 13.6 Å². The standard InChI is InChI=1S/C14H31N3O/c1-10(2)9-17(11(3)4)12(5)8-14(6,16-7)13(15)18/h10-12,16H,8-9H2,1-7H3,(H2,15,18). The van der Waals surface area contributed by atoms with Crippen molar-refractivity contribution in [2.24, 2.45) is 11.7 Å². The molecule has 0 saturated heterocycles. The van der Waals surface area contributed by atoms with Crippen molar-refractivity contribution in [1.29, 1.82) is 0 Å². The van der Waals surface area contributed by atoms with E-state index in [0.717, 1.165) is 13.0 Å². The molecule has 0 heterocycles. The summed E-state index contributed by atoms with van der Waals surface area (Å²) in [6.07, 6.45) is 0.726. The molecular weight excluding hydrogens is 226 g/mol. The molecular formula is C14H31N3O. The van der Waals surface area contributed by atoms with Gasteiger partial charge in [-0.1, -0.05) is 13.8 Å². The summed E-state index contributed by atoms with van der Waals surface area (Å²) in [6, 6.07) is 0.786. The van der Waals surface area contributed by atoms with Crippen molar-refractivity contribution in [2.45, 2.75) is 65.6 Å². The van der Waals surface area contributed by atoms with Gasteiger partial charge in [0.1, 0.15) is 0 Å². The lowest BCUT2D eigenvalue weighted by molar-refractivity contribution is -0.124. The van der Waals surface area contributed by atoms with Gasteiger partial charge in [0.25, 0.3) is 0 Å². The summed E-state index contributed by atoms with van der Waals surface area (Å²) in [5.41, 5.74) is 4.85. The van der Waals surface area contributed by atoms with Crippen LogP contribution in [0.1, 0.15) is 48.0 Å². The van der Waals surface area contributed by atoms with E-state index < -0.39 is 5.54 Å². The molecule has 0 radical (unpaired) electrons. The summed E-state index contributed by atoms with van der Waals surface area (Å²) < 4.78 is 0. The summed E-state index contributed by atoms with van der Waals surface area (Å²) >= 11 is 0. The monoisotopic (exact) mass is 257 g/mol. The van der Waals surface area contributed by atoms with Gasteiger partial charge in [-0.15, -0.1) is 0 Å². The smallest absolute Gasteiger partial charge is 0.237 e. The fourth-order valence-corrected chi connectivity index (χ4v) is 2.36. The fraction of sp³-hybridized carbons (Fsp3) is 0.929. The summed E-state index contributed by atoms with van der Waals surface area (Å²) in [5.74, 6) is 0.328. The molecule has 0 saturated carbocycles. The van der Waals surface area contributed by atoms with Crippen LogP contribution in [0.4, 0.5) is 0 Å². The Morgan fingerprint density at radius 3 is 2.06 bits per heavy atom. The predicted octanol–water partition coefficient (Wildman–Crippen LogP) is 1.59. The number of nitrogens with zero attached hydrogens (tertiary/aromatic N) is 1. The molecule has 18 heavy (non-hydrogen) atoms. The van der Waals surface area contributed by atoms with E-state index in [0.29, 0.717) is 18.0 Å². The minimum atomic E-state index is -0.635. The van der Waals surface area contributed by atoms with Crippen molar-refractivity contribution in [3.05, 3.63) is 0 Å². The third kappa shape index (κ3) is 4.94. The zero-order valence-electron chi connectivity index (χ0n) is 13.1. The molecule has 0 aromatic carbocycles. The van der Waals surface area contributed by atoms with Gasteiger partial charge in [0.05, 0.1) is 5.54 Å². The molecule has 0 bridgehead atoms. The lowest BCUT2D eigenvalue weighted by atomic mass is 9.91. The summed E-state index contributed by atoms with van der Waals surface area (Å²) in [6.45, 7) is 13.9. The zero-order valence-corrected chi connectivity index (χ0v) is 13.1. The number of carbonyl (C=O) groups excluding carboxylic acids is 1. The summed E-state index contributed by atoms with van der Waals surface area (Å²) in [7, 11) is 1.79. The predicted molar refractivity (Wildman–Crippen MR) is 77.4 cm³/mol. The van der Waals surface area contributed by atoms with Crippen LogP contribution in [0.25, 0.3) is 0 Å². The summed E-state index contributed by atoms with van der Waals surface area (Å²) in [5, 5.41) is 3.05. The molecule has 4 heteroatoms. The van der Waals surface area contributed by atoms with Gasteiger partial charge >= 0.3 is 0 Å². The lowest BCUT2D eigenvalue weighted by Crippen LogP contribution is -2.56. The molecule has 0 aromatic rings. The van der Waals surface area contributed by atoms with Gasteiger partial charge < -0.3 is 11.1 Å². The number of carbonyl (C=O) groups is 1. The number of primary amides is 1. The van der Waals surface area contributed by atoms with Crippen LogP contribution in [0.2, 0.25) is 0 Å². The van der Waals surface area contributed by atoms with Gasteiger partial charge in [-0.05, 0) is 47.1 Å². The first kappa shape index (κ1) is 17.4. The molecule has 0 aliphatic heterocycles. The maximum absolute atomic E-state index is 11.5. The van der Waals surface area contributed by atoms with Gasteiger partial charge in [0.2, 0.25) is 5.91 Å². The first-order valence-electron chi connectivity index (χ1n) is 6.88. The minimum Gasteiger partial charge on any atom is -0.368 e. The number of hydrogen-bond acceptors (Lipinski definition) is 3. The molecule has 1 amide bonds. The third-order valence-electron chi connectivity index (χ3n) is 3.60. The molecule has 0 rings (SSSR count). The van der Waals surface area contributed by atoms with E-state index in [1.165, 1.54) is 0 Å². The van der Waals surface area contributed by atoms with Crippen LogP contribution in [0, 0.1) is 5.92 Å². The van der Waals surface area contributed by atoms with Crippen molar-refractivity contribution in [1.82, 2.24) is 10.2 Å². The third-order valence-corrected chi connectivity index (χ3v) is 3.60. The Hall–Kier alpha value is -0.610. The molecule has 0 aliphatic rings. The van der Waals surface area contributed by atoms with Gasteiger partial charge in [0.15, 0.2) is 0 Å². The largest absolute Gasteiger partial charge is 0.368 e. The molecule has 0 fully saturated rings. The molecule has 2 atom stereocenters. The van der Waals surface area contributed by atoms with E-state index in [-0.39, 0.29) is 5.91 Å². The van der Waals surface area contributed by atoms with Crippen LogP contribution in [-0.4, -0.2) is 42.0 Å². The normalized spacial score (nSPS) is 17.2. The SMILES string of the molecule is CNC(C)(CC(C)N(CC(C)C)C(C)C)C(N)=O. The van der Waals surface area contributed by atoms with E-state index in [2.05, 4.69) is 44.8 Å². The van der Waals surface area contributed by atoms with Crippen LogP contribution >= 0.6 is 0 Å². The van der Waals surface area contributed by atoms with E-state index in [1.807, 2.05) is 6.92 Å². The summed E-state index contributed by atoms with van der Waals surface area (Å²) in [4.78, 5) is 14.0. The molecule has 0 aromatic heterocycles. The molecule has 108 valence electrons. The lowest BCUT2D eigenvalue weighted by Gasteiger charge is -2.38. The fourth-order valence-electron chi connectivity index (χ4n) is 2.36. The van der Waals surface area contributed by atoms with E-state index >= 15 is 0 Å². The first-order valence-corrected chi connectivity index (χ1v) is 6.88. The van der Waals surface area contributed by atoms with Gasteiger partial charge in [-0.2, -0.15) is 0 Å². The van der Waals surface area contributed by atoms with Crippen molar-refractivity contribution >= 4 is 5.91 Å². The van der Waals surface area contributed by atoms with Crippen LogP contribution in [0.5, 0.6) is 0 Å². The number of amides is 1. The highest BCUT2D eigenvalue weighted by Crippen LogP contribution is 2.19. The van der Waals surface area contributed by atoms with Crippen molar-refractivity contribution in [3.8, 4) is 0 Å². The van der Waals surface area contributed by atoms with Crippen molar-refractivity contribution < 1.29 is 4.79 Å². The molecule has 3 N–H and O–H groups in total. The van der Waals surface area contributed by atoms with Gasteiger partial charge in [-0.3, -0.25) is 9.69 Å². The van der Waals surface area contributed by atoms with Crippen LogP contribution in [0.3, 0.4) is 0 Å². The molecule has 0 spiro atoms. The highest BCUT2D eigenvalue weighted by atomic mass is 16.1. The Kier molecular flexibility index (Phi) is 6.86. The highest BCUT2D eigenvalue weighted by molar-refractivity contribution is 5.84. The number of nitrogens with two attached hydrogens (primary N) is 1. The Morgan fingerprint density at radius 2 is 1.78 bits per heavy atom. The van der Waals surface area contributed by atoms with Gasteiger partial charge in [0, 0.05) is 18.6 Å². The molecule has 0 aliphatic carbocycles. The zero-order chi connectivity index (χ0) is 14.5. The Labute approximate surface area is 112 Å². The number of nitrogens with one attached hydrogen (secondary N) is 1. The average Bonchev–Trinajstić information content (AvgIpc) is 2.24. The maximum Gasteiger partial charge on any atom is 0.237 e. The Bertz CT molecular complexity index is 266. The van der Waals surface area contributed by atoms with Crippen LogP contribution in [0.15, 0.2) is 0 Å². The molecule has 2 unspecified atom stereocenters. The number of rotatable bonds is 8. The second-order valence-corrected chi connectivity index (χ2v) is 6.18. The van der Waals surface area contributed by atoms with E-state index in [9.17, 15) is 4.79 Å². The number of likely N-dealkylation sites (N-methyl/N-ethyl adjacent to an activating group) is 1. The van der Waals surface area contributed by atoms with E-state index in [1.54, 1.807) is 7.05 Å². The second-order valence-electron chi connectivity index (χ2n) is 6.18. The highest BCUT2D eigenvalue weighted by Gasteiger charge is 2.33.